The average Bonchev–Trinajstić information content (AvgIpc) is 2.62. The topological polar surface area (TPSA) is 66.9 Å². The minimum absolute atomic E-state index is 0.0559. The summed E-state index contributed by atoms with van der Waals surface area (Å²) in [5.74, 6) is 0.670. The molecule has 0 spiro atoms. The standard InChI is InChI=1S/C19H20N4O/c1-2-3-11-20-19(24)14-7-6-8-15(12-14)23-18-16-9-4-5-10-17(16)21-13-22-18/h4-10,12-13H,2-3,11H2,1H3,(H,20,24)(H,21,22,23). The lowest BCUT2D eigenvalue weighted by atomic mass is 10.1. The number of fused-ring (bicyclic) bond motifs is 1. The van der Waals surface area contributed by atoms with Crippen molar-refractivity contribution in [3.8, 4) is 0 Å². The van der Waals surface area contributed by atoms with Crippen LogP contribution in [0.15, 0.2) is 54.9 Å². The molecule has 0 saturated carbocycles. The third-order valence-electron chi connectivity index (χ3n) is 3.75. The maximum Gasteiger partial charge on any atom is 0.251 e. The highest BCUT2D eigenvalue weighted by molar-refractivity contribution is 5.96. The predicted molar refractivity (Wildman–Crippen MR) is 96.5 cm³/mol. The van der Waals surface area contributed by atoms with Gasteiger partial charge in [-0.2, -0.15) is 0 Å². The molecule has 24 heavy (non-hydrogen) atoms. The van der Waals surface area contributed by atoms with Crippen molar-refractivity contribution in [1.82, 2.24) is 15.3 Å². The van der Waals surface area contributed by atoms with E-state index in [1.165, 1.54) is 6.33 Å². The van der Waals surface area contributed by atoms with E-state index in [1.807, 2.05) is 48.5 Å². The molecule has 2 N–H and O–H groups in total. The van der Waals surface area contributed by atoms with Gasteiger partial charge in [0.2, 0.25) is 0 Å². The first-order chi connectivity index (χ1) is 11.8. The third-order valence-corrected chi connectivity index (χ3v) is 3.75. The van der Waals surface area contributed by atoms with Crippen LogP contribution in [-0.2, 0) is 0 Å². The van der Waals surface area contributed by atoms with Gasteiger partial charge in [0, 0.05) is 23.2 Å². The highest BCUT2D eigenvalue weighted by atomic mass is 16.1. The first-order valence-electron chi connectivity index (χ1n) is 8.13. The Morgan fingerprint density at radius 1 is 1.08 bits per heavy atom. The summed E-state index contributed by atoms with van der Waals surface area (Å²) < 4.78 is 0. The molecule has 1 aromatic heterocycles. The van der Waals surface area contributed by atoms with Gasteiger partial charge in [0.1, 0.15) is 12.1 Å². The van der Waals surface area contributed by atoms with Crippen molar-refractivity contribution in [2.75, 3.05) is 11.9 Å². The molecular formula is C19H20N4O. The molecule has 0 aliphatic rings. The first kappa shape index (κ1) is 15.9. The van der Waals surface area contributed by atoms with E-state index >= 15 is 0 Å². The molecular weight excluding hydrogens is 300 g/mol. The lowest BCUT2D eigenvalue weighted by Gasteiger charge is -2.10. The van der Waals surface area contributed by atoms with Gasteiger partial charge in [0.25, 0.3) is 5.91 Å². The number of rotatable bonds is 6. The molecule has 0 fully saturated rings. The number of unbranched alkanes of at least 4 members (excludes halogenated alkanes) is 1. The zero-order valence-corrected chi connectivity index (χ0v) is 13.6. The van der Waals surface area contributed by atoms with Gasteiger partial charge in [-0.3, -0.25) is 4.79 Å². The van der Waals surface area contributed by atoms with Crippen molar-refractivity contribution in [2.45, 2.75) is 19.8 Å². The number of aromatic nitrogens is 2. The molecule has 0 bridgehead atoms. The van der Waals surface area contributed by atoms with E-state index in [4.69, 9.17) is 0 Å². The Hall–Kier alpha value is -2.95. The van der Waals surface area contributed by atoms with E-state index in [0.29, 0.717) is 12.1 Å². The maximum absolute atomic E-state index is 12.2. The predicted octanol–water partition coefficient (Wildman–Crippen LogP) is 3.90. The summed E-state index contributed by atoms with van der Waals surface area (Å²) in [6.07, 6.45) is 3.57. The summed E-state index contributed by atoms with van der Waals surface area (Å²) in [7, 11) is 0. The molecule has 0 atom stereocenters. The Morgan fingerprint density at radius 2 is 1.96 bits per heavy atom. The van der Waals surface area contributed by atoms with Crippen LogP contribution < -0.4 is 10.6 Å². The fraction of sp³-hybridized carbons (Fsp3) is 0.211. The van der Waals surface area contributed by atoms with Crippen LogP contribution in [0.25, 0.3) is 10.9 Å². The number of hydrogen-bond donors (Lipinski definition) is 2. The van der Waals surface area contributed by atoms with Crippen LogP contribution in [-0.4, -0.2) is 22.4 Å². The summed E-state index contributed by atoms with van der Waals surface area (Å²) in [5, 5.41) is 7.15. The molecule has 0 aliphatic carbocycles. The second kappa shape index (κ2) is 7.55. The molecule has 2 aromatic carbocycles. The fourth-order valence-electron chi connectivity index (χ4n) is 2.46. The van der Waals surface area contributed by atoms with E-state index in [2.05, 4.69) is 27.5 Å². The summed E-state index contributed by atoms with van der Waals surface area (Å²) >= 11 is 0. The molecule has 122 valence electrons. The normalized spacial score (nSPS) is 10.5. The lowest BCUT2D eigenvalue weighted by molar-refractivity contribution is 0.0953. The van der Waals surface area contributed by atoms with Gasteiger partial charge in [0.15, 0.2) is 0 Å². The van der Waals surface area contributed by atoms with Gasteiger partial charge >= 0.3 is 0 Å². The summed E-state index contributed by atoms with van der Waals surface area (Å²) in [6.45, 7) is 2.80. The molecule has 5 nitrogen and oxygen atoms in total. The van der Waals surface area contributed by atoms with Crippen molar-refractivity contribution in [3.05, 3.63) is 60.4 Å². The molecule has 1 amide bonds. The summed E-state index contributed by atoms with van der Waals surface area (Å²) in [6, 6.07) is 15.2. The van der Waals surface area contributed by atoms with Gasteiger partial charge in [-0.05, 0) is 36.8 Å². The van der Waals surface area contributed by atoms with E-state index in [9.17, 15) is 4.79 Å². The van der Waals surface area contributed by atoms with Crippen LogP contribution in [0.3, 0.4) is 0 Å². The number of carbonyl (C=O) groups is 1. The fourth-order valence-corrected chi connectivity index (χ4v) is 2.46. The monoisotopic (exact) mass is 320 g/mol. The summed E-state index contributed by atoms with van der Waals surface area (Å²) in [4.78, 5) is 20.7. The van der Waals surface area contributed by atoms with E-state index < -0.39 is 0 Å². The number of anilines is 2. The van der Waals surface area contributed by atoms with Gasteiger partial charge in [-0.15, -0.1) is 0 Å². The van der Waals surface area contributed by atoms with Crippen molar-refractivity contribution < 1.29 is 4.79 Å². The Kier molecular flexibility index (Phi) is 5.01. The van der Waals surface area contributed by atoms with Crippen molar-refractivity contribution >= 4 is 28.3 Å². The quantitative estimate of drug-likeness (QED) is 0.676. The van der Waals surface area contributed by atoms with Crippen molar-refractivity contribution in [1.29, 1.82) is 0 Å². The van der Waals surface area contributed by atoms with E-state index in [-0.39, 0.29) is 5.91 Å². The van der Waals surface area contributed by atoms with Crippen LogP contribution in [0.2, 0.25) is 0 Å². The van der Waals surface area contributed by atoms with Gasteiger partial charge in [0.05, 0.1) is 5.52 Å². The third kappa shape index (κ3) is 3.68. The second-order valence-corrected chi connectivity index (χ2v) is 5.55. The zero-order valence-electron chi connectivity index (χ0n) is 13.6. The Balaban J connectivity index is 1.80. The zero-order chi connectivity index (χ0) is 16.8. The average molecular weight is 320 g/mol. The largest absolute Gasteiger partial charge is 0.352 e. The highest BCUT2D eigenvalue weighted by Crippen LogP contribution is 2.23. The lowest BCUT2D eigenvalue weighted by Crippen LogP contribution is -2.24. The molecule has 5 heteroatoms. The number of hydrogen-bond acceptors (Lipinski definition) is 4. The first-order valence-corrected chi connectivity index (χ1v) is 8.13. The second-order valence-electron chi connectivity index (χ2n) is 5.55. The Morgan fingerprint density at radius 3 is 2.83 bits per heavy atom. The van der Waals surface area contributed by atoms with E-state index in [0.717, 1.165) is 35.2 Å². The minimum Gasteiger partial charge on any atom is -0.352 e. The van der Waals surface area contributed by atoms with Crippen molar-refractivity contribution in [2.24, 2.45) is 0 Å². The van der Waals surface area contributed by atoms with Crippen LogP contribution in [0, 0.1) is 0 Å². The SMILES string of the molecule is CCCCNC(=O)c1cccc(Nc2ncnc3ccccc23)c1. The molecule has 0 saturated heterocycles. The molecule has 1 heterocycles. The molecule has 0 unspecified atom stereocenters. The minimum atomic E-state index is -0.0559. The number of para-hydroxylation sites is 1. The van der Waals surface area contributed by atoms with Crippen molar-refractivity contribution in [3.63, 3.8) is 0 Å². The van der Waals surface area contributed by atoms with Gasteiger partial charge < -0.3 is 10.6 Å². The number of nitrogens with one attached hydrogen (secondary N) is 2. The van der Waals surface area contributed by atoms with Crippen LogP contribution in [0.4, 0.5) is 11.5 Å². The Bertz CT molecular complexity index is 842. The van der Waals surface area contributed by atoms with Gasteiger partial charge in [-0.25, -0.2) is 9.97 Å². The molecule has 3 rings (SSSR count). The molecule has 0 aliphatic heterocycles. The van der Waals surface area contributed by atoms with Crippen LogP contribution >= 0.6 is 0 Å². The number of amides is 1. The van der Waals surface area contributed by atoms with E-state index in [1.54, 1.807) is 0 Å². The smallest absolute Gasteiger partial charge is 0.251 e. The molecule has 0 radical (unpaired) electrons. The maximum atomic E-state index is 12.2. The number of carbonyl (C=O) groups excluding carboxylic acids is 1. The molecule has 3 aromatic rings. The highest BCUT2D eigenvalue weighted by Gasteiger charge is 2.07. The van der Waals surface area contributed by atoms with Crippen LogP contribution in [0.1, 0.15) is 30.1 Å². The van der Waals surface area contributed by atoms with Crippen LogP contribution in [0.5, 0.6) is 0 Å². The summed E-state index contributed by atoms with van der Waals surface area (Å²) in [5.41, 5.74) is 2.33. The Labute approximate surface area is 141 Å². The number of nitrogens with zero attached hydrogens (tertiary/aromatic N) is 2. The van der Waals surface area contributed by atoms with Gasteiger partial charge in [-0.1, -0.05) is 31.5 Å². The number of benzene rings is 2.